The smallest absolute Gasteiger partial charge is 0.410 e. The molecule has 1 heterocycles. The predicted octanol–water partition coefficient (Wildman–Crippen LogP) is 3.18. The van der Waals surface area contributed by atoms with E-state index >= 15 is 0 Å². The fourth-order valence-electron chi connectivity index (χ4n) is 3.23. The SMILES string of the molecule is CC(C)N1C(=O)O[C@H](C2CCCCC2)[C@@H]1C. The molecule has 3 heteroatoms. The Morgan fingerprint density at radius 1 is 1.25 bits per heavy atom. The highest BCUT2D eigenvalue weighted by molar-refractivity contribution is 5.71. The average molecular weight is 225 g/mol. The molecule has 1 amide bonds. The largest absolute Gasteiger partial charge is 0.444 e. The summed E-state index contributed by atoms with van der Waals surface area (Å²) in [6.45, 7) is 6.24. The highest BCUT2D eigenvalue weighted by Crippen LogP contribution is 2.35. The van der Waals surface area contributed by atoms with Gasteiger partial charge in [-0.15, -0.1) is 0 Å². The number of hydrogen-bond donors (Lipinski definition) is 0. The summed E-state index contributed by atoms with van der Waals surface area (Å²) in [6.07, 6.45) is 6.43. The number of ether oxygens (including phenoxy) is 1. The average Bonchev–Trinajstić information content (AvgIpc) is 2.55. The van der Waals surface area contributed by atoms with Gasteiger partial charge in [0.2, 0.25) is 0 Å². The molecule has 2 fully saturated rings. The molecule has 3 nitrogen and oxygen atoms in total. The van der Waals surface area contributed by atoms with E-state index in [1.165, 1.54) is 32.1 Å². The summed E-state index contributed by atoms with van der Waals surface area (Å²) in [6, 6.07) is 0.492. The van der Waals surface area contributed by atoms with Crippen molar-refractivity contribution in [3.8, 4) is 0 Å². The number of carbonyl (C=O) groups is 1. The van der Waals surface area contributed by atoms with Gasteiger partial charge in [-0.3, -0.25) is 4.90 Å². The van der Waals surface area contributed by atoms with E-state index in [-0.39, 0.29) is 24.3 Å². The van der Waals surface area contributed by atoms with E-state index in [9.17, 15) is 4.79 Å². The molecule has 0 aromatic heterocycles. The number of carbonyl (C=O) groups excluding carboxylic acids is 1. The molecule has 1 aliphatic carbocycles. The molecule has 1 saturated carbocycles. The van der Waals surface area contributed by atoms with Gasteiger partial charge >= 0.3 is 6.09 Å². The molecule has 1 saturated heterocycles. The highest BCUT2D eigenvalue weighted by atomic mass is 16.6. The van der Waals surface area contributed by atoms with Crippen LogP contribution in [0.15, 0.2) is 0 Å². The van der Waals surface area contributed by atoms with Crippen LogP contribution in [0.2, 0.25) is 0 Å². The number of amides is 1. The third-order valence-corrected chi connectivity index (χ3v) is 4.03. The zero-order valence-corrected chi connectivity index (χ0v) is 10.6. The first kappa shape index (κ1) is 11.7. The number of rotatable bonds is 2. The lowest BCUT2D eigenvalue weighted by Gasteiger charge is -2.30. The maximum absolute atomic E-state index is 11.8. The van der Waals surface area contributed by atoms with Gasteiger partial charge < -0.3 is 4.74 Å². The Balaban J connectivity index is 2.04. The summed E-state index contributed by atoms with van der Waals surface area (Å²) in [5.41, 5.74) is 0. The molecule has 0 bridgehead atoms. The van der Waals surface area contributed by atoms with Gasteiger partial charge in [-0.25, -0.2) is 4.79 Å². The van der Waals surface area contributed by atoms with E-state index in [1.807, 2.05) is 4.90 Å². The van der Waals surface area contributed by atoms with Crippen molar-refractivity contribution in [3.63, 3.8) is 0 Å². The van der Waals surface area contributed by atoms with Crippen molar-refractivity contribution in [2.24, 2.45) is 5.92 Å². The first-order valence-electron chi connectivity index (χ1n) is 6.60. The molecule has 0 aromatic carbocycles. The Morgan fingerprint density at radius 2 is 1.88 bits per heavy atom. The van der Waals surface area contributed by atoms with Crippen molar-refractivity contribution in [2.45, 2.75) is 71.1 Å². The monoisotopic (exact) mass is 225 g/mol. The first-order chi connectivity index (χ1) is 7.61. The third kappa shape index (κ3) is 2.04. The van der Waals surface area contributed by atoms with Crippen molar-refractivity contribution >= 4 is 6.09 Å². The van der Waals surface area contributed by atoms with Gasteiger partial charge in [-0.2, -0.15) is 0 Å². The van der Waals surface area contributed by atoms with Gasteiger partial charge in [0.25, 0.3) is 0 Å². The van der Waals surface area contributed by atoms with Gasteiger partial charge in [0, 0.05) is 6.04 Å². The molecule has 2 atom stereocenters. The Hall–Kier alpha value is -0.730. The second-order valence-corrected chi connectivity index (χ2v) is 5.49. The zero-order chi connectivity index (χ0) is 11.7. The lowest BCUT2D eigenvalue weighted by molar-refractivity contribution is 0.0763. The Labute approximate surface area is 98.1 Å². The van der Waals surface area contributed by atoms with Crippen LogP contribution < -0.4 is 0 Å². The fraction of sp³-hybridized carbons (Fsp3) is 0.923. The molecule has 0 spiro atoms. The van der Waals surface area contributed by atoms with Crippen molar-refractivity contribution in [3.05, 3.63) is 0 Å². The second-order valence-electron chi connectivity index (χ2n) is 5.49. The minimum atomic E-state index is -0.113. The normalized spacial score (nSPS) is 32.2. The van der Waals surface area contributed by atoms with Crippen molar-refractivity contribution < 1.29 is 9.53 Å². The van der Waals surface area contributed by atoms with Gasteiger partial charge in [-0.05, 0) is 39.5 Å². The van der Waals surface area contributed by atoms with E-state index < -0.39 is 0 Å². The first-order valence-corrected chi connectivity index (χ1v) is 6.60. The van der Waals surface area contributed by atoms with Crippen LogP contribution in [0.3, 0.4) is 0 Å². The summed E-state index contributed by atoms with van der Waals surface area (Å²) >= 11 is 0. The molecular weight excluding hydrogens is 202 g/mol. The summed E-state index contributed by atoms with van der Waals surface area (Å²) in [5, 5.41) is 0. The molecule has 0 N–H and O–H groups in total. The minimum Gasteiger partial charge on any atom is -0.444 e. The zero-order valence-electron chi connectivity index (χ0n) is 10.6. The number of nitrogens with zero attached hydrogens (tertiary/aromatic N) is 1. The summed E-state index contributed by atoms with van der Waals surface area (Å²) in [7, 11) is 0. The van der Waals surface area contributed by atoms with Gasteiger partial charge in [0.1, 0.15) is 6.10 Å². The van der Waals surface area contributed by atoms with Crippen LogP contribution in [-0.4, -0.2) is 29.2 Å². The van der Waals surface area contributed by atoms with Crippen LogP contribution in [0.5, 0.6) is 0 Å². The van der Waals surface area contributed by atoms with E-state index in [0.29, 0.717) is 5.92 Å². The van der Waals surface area contributed by atoms with Crippen LogP contribution in [-0.2, 0) is 4.74 Å². The highest BCUT2D eigenvalue weighted by Gasteiger charge is 2.43. The lowest BCUT2D eigenvalue weighted by Crippen LogP contribution is -2.41. The maximum atomic E-state index is 11.8. The molecule has 2 rings (SSSR count). The van der Waals surface area contributed by atoms with Gasteiger partial charge in [0.15, 0.2) is 0 Å². The van der Waals surface area contributed by atoms with E-state index in [4.69, 9.17) is 4.74 Å². The van der Waals surface area contributed by atoms with Crippen LogP contribution in [0.25, 0.3) is 0 Å². The Kier molecular flexibility index (Phi) is 3.41. The van der Waals surface area contributed by atoms with Gasteiger partial charge in [0.05, 0.1) is 6.04 Å². The second kappa shape index (κ2) is 4.64. The Morgan fingerprint density at radius 3 is 2.38 bits per heavy atom. The maximum Gasteiger partial charge on any atom is 0.410 e. The van der Waals surface area contributed by atoms with Crippen molar-refractivity contribution in [2.75, 3.05) is 0 Å². The lowest BCUT2D eigenvalue weighted by atomic mass is 9.83. The molecular formula is C13H23NO2. The van der Waals surface area contributed by atoms with E-state index in [0.717, 1.165) is 0 Å². The van der Waals surface area contributed by atoms with Crippen LogP contribution in [0.1, 0.15) is 52.9 Å². The molecule has 16 heavy (non-hydrogen) atoms. The standard InChI is InChI=1S/C13H23NO2/c1-9(2)14-10(3)12(16-13(14)15)11-7-5-4-6-8-11/h9-12H,4-8H2,1-3H3/t10-,12-/m0/s1. The summed E-state index contributed by atoms with van der Waals surface area (Å²) in [5.74, 6) is 0.594. The third-order valence-electron chi connectivity index (χ3n) is 4.03. The number of cyclic esters (lactones) is 1. The number of hydrogen-bond acceptors (Lipinski definition) is 2. The van der Waals surface area contributed by atoms with E-state index in [2.05, 4.69) is 20.8 Å². The Bertz CT molecular complexity index is 259. The van der Waals surface area contributed by atoms with Crippen LogP contribution in [0, 0.1) is 5.92 Å². The molecule has 0 aromatic rings. The molecule has 92 valence electrons. The van der Waals surface area contributed by atoms with E-state index in [1.54, 1.807) is 0 Å². The topological polar surface area (TPSA) is 29.5 Å². The quantitative estimate of drug-likeness (QED) is 0.722. The van der Waals surface area contributed by atoms with Crippen LogP contribution >= 0.6 is 0 Å². The fourth-order valence-corrected chi connectivity index (χ4v) is 3.23. The van der Waals surface area contributed by atoms with Gasteiger partial charge in [-0.1, -0.05) is 19.3 Å². The molecule has 1 aliphatic heterocycles. The molecule has 0 radical (unpaired) electrons. The summed E-state index contributed by atoms with van der Waals surface area (Å²) < 4.78 is 5.57. The minimum absolute atomic E-state index is 0.113. The van der Waals surface area contributed by atoms with Crippen molar-refractivity contribution in [1.82, 2.24) is 4.90 Å². The summed E-state index contributed by atoms with van der Waals surface area (Å²) in [4.78, 5) is 13.7. The molecule has 2 aliphatic rings. The van der Waals surface area contributed by atoms with Crippen LogP contribution in [0.4, 0.5) is 4.79 Å². The van der Waals surface area contributed by atoms with Crippen molar-refractivity contribution in [1.29, 1.82) is 0 Å². The predicted molar refractivity (Wildman–Crippen MR) is 63.3 cm³/mol. The molecule has 0 unspecified atom stereocenters.